The van der Waals surface area contributed by atoms with Gasteiger partial charge in [-0.15, -0.1) is 12.4 Å². The number of hydrogen-bond acceptors (Lipinski definition) is 2. The molecule has 0 bridgehead atoms. The standard InChI is InChI=1S/C7H16O3S.ClH.3Na.3H/c1-2-3-4-5-6-7-11(8,9)10;;;;;;;/h2-7H2,1H3,(H,8,9,10);1H;;;;;;. The molecule has 0 atom stereocenters. The predicted octanol–water partition coefficient (Wildman–Crippen LogP) is 0.321. The van der Waals surface area contributed by atoms with E-state index < -0.39 is 10.1 Å². The molecular weight excluding hydrogens is 269 g/mol. The third kappa shape index (κ3) is 31.7. The summed E-state index contributed by atoms with van der Waals surface area (Å²) in [6.45, 7) is 2.10. The fourth-order valence-electron chi connectivity index (χ4n) is 0.888. The monoisotopic (exact) mass is 288 g/mol. The molecule has 8 heteroatoms. The Labute approximate surface area is 166 Å². The van der Waals surface area contributed by atoms with Crippen molar-refractivity contribution in [3.63, 3.8) is 0 Å². The van der Waals surface area contributed by atoms with E-state index in [1.54, 1.807) is 0 Å². The van der Waals surface area contributed by atoms with Crippen LogP contribution in [-0.4, -0.2) is 107 Å². The van der Waals surface area contributed by atoms with E-state index in [1.165, 1.54) is 0 Å². The molecular formula is C7H20ClNa3O3S. The number of rotatable bonds is 6. The van der Waals surface area contributed by atoms with Crippen LogP contribution in [0, 0.1) is 0 Å². The zero-order chi connectivity index (χ0) is 8.74. The Hall–Kier alpha value is 3.20. The van der Waals surface area contributed by atoms with Crippen LogP contribution in [0.25, 0.3) is 0 Å². The van der Waals surface area contributed by atoms with Crippen molar-refractivity contribution in [2.24, 2.45) is 0 Å². The Morgan fingerprint density at radius 1 is 0.933 bits per heavy atom. The summed E-state index contributed by atoms with van der Waals surface area (Å²) in [5.41, 5.74) is 0. The SMILES string of the molecule is CCCCCCCS(=O)(=O)O.Cl.[NaH].[NaH].[NaH]. The molecule has 82 valence electrons. The number of unbranched alkanes of at least 4 members (excludes halogenated alkanes) is 4. The summed E-state index contributed by atoms with van der Waals surface area (Å²) >= 11 is 0. The Balaban J connectivity index is -0.0000000833. The maximum absolute atomic E-state index is 10.2. The normalized spacial score (nSPS) is 8.67. The molecule has 3 nitrogen and oxygen atoms in total. The summed E-state index contributed by atoms with van der Waals surface area (Å²) in [5.74, 6) is -0.0866. The van der Waals surface area contributed by atoms with E-state index in [-0.39, 0.29) is 107 Å². The zero-order valence-electron chi connectivity index (χ0n) is 7.32. The van der Waals surface area contributed by atoms with E-state index in [2.05, 4.69) is 6.92 Å². The molecule has 15 heavy (non-hydrogen) atoms. The molecule has 0 aromatic rings. The van der Waals surface area contributed by atoms with Gasteiger partial charge in [-0.3, -0.25) is 4.55 Å². The fourth-order valence-corrected chi connectivity index (χ4v) is 1.46. The Bertz CT molecular complexity index is 188. The van der Waals surface area contributed by atoms with Crippen LogP contribution in [0.4, 0.5) is 0 Å². The second-order valence-corrected chi connectivity index (χ2v) is 4.27. The van der Waals surface area contributed by atoms with Crippen LogP contribution in [0.2, 0.25) is 0 Å². The van der Waals surface area contributed by atoms with Gasteiger partial charge in [-0.05, 0) is 6.42 Å². The first kappa shape index (κ1) is 30.9. The van der Waals surface area contributed by atoms with E-state index in [9.17, 15) is 8.42 Å². The molecule has 0 saturated heterocycles. The molecule has 1 N–H and O–H groups in total. The Kier molecular flexibility index (Phi) is 40.2. The van der Waals surface area contributed by atoms with Gasteiger partial charge in [0.2, 0.25) is 0 Å². The topological polar surface area (TPSA) is 54.4 Å². The van der Waals surface area contributed by atoms with Crippen LogP contribution in [0.15, 0.2) is 0 Å². The predicted molar refractivity (Wildman–Crippen MR) is 73.9 cm³/mol. The molecule has 0 aliphatic carbocycles. The average molecular weight is 289 g/mol. The number of halogens is 1. The summed E-state index contributed by atoms with van der Waals surface area (Å²) in [4.78, 5) is 0. The molecule has 0 aromatic carbocycles. The average Bonchev–Trinajstić information content (AvgIpc) is 1.85. The second-order valence-electron chi connectivity index (χ2n) is 2.70. The van der Waals surface area contributed by atoms with Crippen molar-refractivity contribution < 1.29 is 13.0 Å². The molecule has 0 radical (unpaired) electrons. The molecule has 0 saturated carbocycles. The van der Waals surface area contributed by atoms with Gasteiger partial charge in [0.1, 0.15) is 0 Å². The summed E-state index contributed by atoms with van der Waals surface area (Å²) in [6.07, 6.45) is 4.83. The third-order valence-corrected chi connectivity index (χ3v) is 2.31. The van der Waals surface area contributed by atoms with E-state index in [4.69, 9.17) is 4.55 Å². The molecule has 0 aromatic heterocycles. The van der Waals surface area contributed by atoms with Crippen LogP contribution in [0.5, 0.6) is 0 Å². The Morgan fingerprint density at radius 2 is 1.33 bits per heavy atom. The Morgan fingerprint density at radius 3 is 1.67 bits per heavy atom. The van der Waals surface area contributed by atoms with E-state index in [1.807, 2.05) is 0 Å². The minimum atomic E-state index is -3.71. The summed E-state index contributed by atoms with van der Waals surface area (Å²) in [6, 6.07) is 0. The van der Waals surface area contributed by atoms with Crippen molar-refractivity contribution in [3.05, 3.63) is 0 Å². The summed E-state index contributed by atoms with van der Waals surface area (Å²) in [5, 5.41) is 0. The van der Waals surface area contributed by atoms with Gasteiger partial charge in [0.25, 0.3) is 10.1 Å². The quantitative estimate of drug-likeness (QED) is 0.435. The third-order valence-electron chi connectivity index (χ3n) is 1.51. The van der Waals surface area contributed by atoms with Crippen LogP contribution in [0.3, 0.4) is 0 Å². The zero-order valence-corrected chi connectivity index (χ0v) is 8.96. The number of hydrogen-bond donors (Lipinski definition) is 1. The van der Waals surface area contributed by atoms with E-state index in [0.717, 1.165) is 25.7 Å². The van der Waals surface area contributed by atoms with Crippen molar-refractivity contribution >= 4 is 111 Å². The van der Waals surface area contributed by atoms with E-state index in [0.29, 0.717) is 6.42 Å². The molecule has 0 aliphatic heterocycles. The molecule has 0 amide bonds. The van der Waals surface area contributed by atoms with Gasteiger partial charge in [0.05, 0.1) is 5.75 Å². The fraction of sp³-hybridized carbons (Fsp3) is 1.00. The van der Waals surface area contributed by atoms with E-state index >= 15 is 0 Å². The van der Waals surface area contributed by atoms with Crippen molar-refractivity contribution in [3.8, 4) is 0 Å². The van der Waals surface area contributed by atoms with Gasteiger partial charge in [0.15, 0.2) is 0 Å². The first-order valence-electron chi connectivity index (χ1n) is 4.01. The van der Waals surface area contributed by atoms with Crippen LogP contribution >= 0.6 is 12.4 Å². The van der Waals surface area contributed by atoms with Gasteiger partial charge < -0.3 is 0 Å². The van der Waals surface area contributed by atoms with Gasteiger partial charge in [-0.2, -0.15) is 8.42 Å². The van der Waals surface area contributed by atoms with Crippen molar-refractivity contribution in [1.29, 1.82) is 0 Å². The molecule has 0 heterocycles. The first-order chi connectivity index (χ1) is 5.06. The van der Waals surface area contributed by atoms with Crippen LogP contribution in [0.1, 0.15) is 39.0 Å². The first-order valence-corrected chi connectivity index (χ1v) is 5.62. The van der Waals surface area contributed by atoms with Crippen molar-refractivity contribution in [2.45, 2.75) is 39.0 Å². The molecule has 0 unspecified atom stereocenters. The molecule has 0 aliphatic rings. The van der Waals surface area contributed by atoms with Crippen molar-refractivity contribution in [2.75, 3.05) is 5.75 Å². The van der Waals surface area contributed by atoms with Gasteiger partial charge in [0, 0.05) is 0 Å². The van der Waals surface area contributed by atoms with Crippen molar-refractivity contribution in [1.82, 2.24) is 0 Å². The van der Waals surface area contributed by atoms with Gasteiger partial charge in [-0.25, -0.2) is 0 Å². The summed E-state index contributed by atoms with van der Waals surface area (Å²) < 4.78 is 28.8. The second kappa shape index (κ2) is 19.5. The summed E-state index contributed by atoms with van der Waals surface area (Å²) in [7, 11) is -3.71. The van der Waals surface area contributed by atoms with Crippen LogP contribution < -0.4 is 0 Å². The molecule has 0 fully saturated rings. The van der Waals surface area contributed by atoms with Gasteiger partial charge >= 0.3 is 88.7 Å². The van der Waals surface area contributed by atoms with Crippen LogP contribution in [-0.2, 0) is 10.1 Å². The minimum absolute atomic E-state index is 0. The van der Waals surface area contributed by atoms with Gasteiger partial charge in [-0.1, -0.05) is 32.6 Å². The molecule has 0 spiro atoms. The maximum atomic E-state index is 10.2. The molecule has 0 rings (SSSR count).